The standard InChI is InChI=1S/C19H21BrN2O4S/c1-2-26-19(23)15-8-9-18(17(20)14-15)27(24,25)22-12-10-21(11-13-22)16-6-4-3-5-7-16/h3-9,14H,2,10-13H2,1H3. The summed E-state index contributed by atoms with van der Waals surface area (Å²) in [5.74, 6) is -0.473. The van der Waals surface area contributed by atoms with Gasteiger partial charge in [0.15, 0.2) is 0 Å². The average Bonchev–Trinajstić information content (AvgIpc) is 2.68. The zero-order valence-electron chi connectivity index (χ0n) is 15.0. The number of carbonyl (C=O) groups is 1. The molecule has 0 radical (unpaired) electrons. The van der Waals surface area contributed by atoms with E-state index in [0.29, 0.717) is 36.2 Å². The predicted octanol–water partition coefficient (Wildman–Crippen LogP) is 3.14. The Morgan fingerprint density at radius 2 is 1.74 bits per heavy atom. The van der Waals surface area contributed by atoms with Crippen molar-refractivity contribution in [3.8, 4) is 0 Å². The molecule has 0 unspecified atom stereocenters. The van der Waals surface area contributed by atoms with Crippen molar-refractivity contribution in [3.63, 3.8) is 0 Å². The van der Waals surface area contributed by atoms with E-state index >= 15 is 0 Å². The molecule has 1 saturated heterocycles. The average molecular weight is 453 g/mol. The van der Waals surface area contributed by atoms with Crippen LogP contribution >= 0.6 is 15.9 Å². The van der Waals surface area contributed by atoms with Gasteiger partial charge < -0.3 is 9.64 Å². The zero-order valence-corrected chi connectivity index (χ0v) is 17.4. The van der Waals surface area contributed by atoms with Crippen LogP contribution in [0, 0.1) is 0 Å². The number of rotatable bonds is 5. The lowest BCUT2D eigenvalue weighted by Gasteiger charge is -2.35. The van der Waals surface area contributed by atoms with Gasteiger partial charge in [0.2, 0.25) is 10.0 Å². The third-order valence-electron chi connectivity index (χ3n) is 4.42. The Balaban J connectivity index is 1.74. The van der Waals surface area contributed by atoms with Crippen molar-refractivity contribution in [1.29, 1.82) is 0 Å². The first-order valence-electron chi connectivity index (χ1n) is 8.70. The number of halogens is 1. The molecule has 2 aromatic carbocycles. The number of ether oxygens (including phenoxy) is 1. The normalized spacial score (nSPS) is 15.6. The quantitative estimate of drug-likeness (QED) is 0.651. The van der Waals surface area contributed by atoms with Gasteiger partial charge in [-0.1, -0.05) is 18.2 Å². The molecule has 0 saturated carbocycles. The van der Waals surface area contributed by atoms with E-state index in [-0.39, 0.29) is 11.5 Å². The fourth-order valence-electron chi connectivity index (χ4n) is 3.02. The fourth-order valence-corrected chi connectivity index (χ4v) is 5.48. The highest BCUT2D eigenvalue weighted by molar-refractivity contribution is 9.10. The Hall–Kier alpha value is -1.90. The monoisotopic (exact) mass is 452 g/mol. The first kappa shape index (κ1) is 19.9. The van der Waals surface area contributed by atoms with Gasteiger partial charge in [0.25, 0.3) is 0 Å². The summed E-state index contributed by atoms with van der Waals surface area (Å²) in [6.07, 6.45) is 0. The van der Waals surface area contributed by atoms with Gasteiger partial charge in [-0.3, -0.25) is 0 Å². The Kier molecular flexibility index (Phi) is 6.18. The molecule has 1 heterocycles. The largest absolute Gasteiger partial charge is 0.462 e. The van der Waals surface area contributed by atoms with Gasteiger partial charge in [-0.2, -0.15) is 4.31 Å². The van der Waals surface area contributed by atoms with Crippen LogP contribution in [0.25, 0.3) is 0 Å². The molecule has 0 atom stereocenters. The predicted molar refractivity (Wildman–Crippen MR) is 108 cm³/mol. The van der Waals surface area contributed by atoms with Gasteiger partial charge in [0, 0.05) is 36.3 Å². The number of benzene rings is 2. The summed E-state index contributed by atoms with van der Waals surface area (Å²) in [6, 6.07) is 14.4. The van der Waals surface area contributed by atoms with E-state index in [1.165, 1.54) is 22.5 Å². The van der Waals surface area contributed by atoms with Crippen LogP contribution in [-0.2, 0) is 14.8 Å². The van der Waals surface area contributed by atoms with E-state index in [2.05, 4.69) is 20.8 Å². The van der Waals surface area contributed by atoms with E-state index < -0.39 is 16.0 Å². The molecule has 0 aromatic heterocycles. The number of hydrogen-bond donors (Lipinski definition) is 0. The van der Waals surface area contributed by atoms with Gasteiger partial charge >= 0.3 is 5.97 Å². The minimum Gasteiger partial charge on any atom is -0.462 e. The molecule has 27 heavy (non-hydrogen) atoms. The number of nitrogens with zero attached hydrogens (tertiary/aromatic N) is 2. The number of hydrogen-bond acceptors (Lipinski definition) is 5. The zero-order chi connectivity index (χ0) is 19.4. The van der Waals surface area contributed by atoms with Gasteiger partial charge in [-0.15, -0.1) is 0 Å². The number of piperazine rings is 1. The SMILES string of the molecule is CCOC(=O)c1ccc(S(=O)(=O)N2CCN(c3ccccc3)CC2)c(Br)c1. The summed E-state index contributed by atoms with van der Waals surface area (Å²) in [5, 5.41) is 0. The van der Waals surface area contributed by atoms with Crippen molar-refractivity contribution in [2.75, 3.05) is 37.7 Å². The van der Waals surface area contributed by atoms with E-state index in [4.69, 9.17) is 4.74 Å². The van der Waals surface area contributed by atoms with Crippen LogP contribution in [0.4, 0.5) is 5.69 Å². The first-order chi connectivity index (χ1) is 12.9. The molecular weight excluding hydrogens is 432 g/mol. The number of sulfonamides is 1. The number of para-hydroxylation sites is 1. The van der Waals surface area contributed by atoms with E-state index in [0.717, 1.165) is 5.69 Å². The highest BCUT2D eigenvalue weighted by atomic mass is 79.9. The topological polar surface area (TPSA) is 66.9 Å². The smallest absolute Gasteiger partial charge is 0.338 e. The third-order valence-corrected chi connectivity index (χ3v) is 7.30. The first-order valence-corrected chi connectivity index (χ1v) is 10.9. The molecule has 8 heteroatoms. The van der Waals surface area contributed by atoms with E-state index in [1.54, 1.807) is 6.92 Å². The summed E-state index contributed by atoms with van der Waals surface area (Å²) in [4.78, 5) is 14.1. The van der Waals surface area contributed by atoms with Gasteiger partial charge in [0.1, 0.15) is 0 Å². The van der Waals surface area contributed by atoms with Crippen LogP contribution in [0.3, 0.4) is 0 Å². The second kappa shape index (κ2) is 8.41. The van der Waals surface area contributed by atoms with Crippen LogP contribution in [0.1, 0.15) is 17.3 Å². The van der Waals surface area contributed by atoms with Gasteiger partial charge in [-0.05, 0) is 53.2 Å². The summed E-state index contributed by atoms with van der Waals surface area (Å²) in [7, 11) is -3.65. The maximum Gasteiger partial charge on any atom is 0.338 e. The summed E-state index contributed by atoms with van der Waals surface area (Å²) in [5.41, 5.74) is 1.41. The molecule has 6 nitrogen and oxygen atoms in total. The van der Waals surface area contributed by atoms with Gasteiger partial charge in [-0.25, -0.2) is 13.2 Å². The van der Waals surface area contributed by atoms with Crippen LogP contribution < -0.4 is 4.90 Å². The molecule has 3 rings (SSSR count). The van der Waals surface area contributed by atoms with Crippen LogP contribution in [0.15, 0.2) is 57.9 Å². The van der Waals surface area contributed by atoms with Crippen molar-refractivity contribution in [2.45, 2.75) is 11.8 Å². The number of esters is 1. The molecule has 144 valence electrons. The second-order valence-corrected chi connectivity index (χ2v) is 8.85. The lowest BCUT2D eigenvalue weighted by molar-refractivity contribution is 0.0526. The Bertz CT molecular complexity index is 911. The highest BCUT2D eigenvalue weighted by Crippen LogP contribution is 2.28. The number of anilines is 1. The number of carbonyl (C=O) groups excluding carboxylic acids is 1. The molecule has 1 fully saturated rings. The maximum absolute atomic E-state index is 13.0. The van der Waals surface area contributed by atoms with Crippen LogP contribution in [0.2, 0.25) is 0 Å². The van der Waals surface area contributed by atoms with E-state index in [1.807, 2.05) is 30.3 Å². The highest BCUT2D eigenvalue weighted by Gasteiger charge is 2.30. The van der Waals surface area contributed by atoms with Crippen molar-refractivity contribution >= 4 is 37.6 Å². The van der Waals surface area contributed by atoms with Crippen LogP contribution in [0.5, 0.6) is 0 Å². The maximum atomic E-state index is 13.0. The Morgan fingerprint density at radius 3 is 2.33 bits per heavy atom. The molecule has 1 aliphatic heterocycles. The molecular formula is C19H21BrN2O4S. The molecule has 0 aliphatic carbocycles. The second-order valence-electron chi connectivity index (χ2n) is 6.09. The Morgan fingerprint density at radius 1 is 1.07 bits per heavy atom. The summed E-state index contributed by atoms with van der Waals surface area (Å²) < 4.78 is 32.8. The van der Waals surface area contributed by atoms with Crippen molar-refractivity contribution < 1.29 is 17.9 Å². The molecule has 2 aromatic rings. The fraction of sp³-hybridized carbons (Fsp3) is 0.316. The molecule has 0 N–H and O–H groups in total. The van der Waals surface area contributed by atoms with Crippen molar-refractivity contribution in [1.82, 2.24) is 4.31 Å². The molecule has 0 bridgehead atoms. The van der Waals surface area contributed by atoms with Crippen LogP contribution in [-0.4, -0.2) is 51.5 Å². The van der Waals surface area contributed by atoms with Crippen molar-refractivity contribution in [3.05, 3.63) is 58.6 Å². The van der Waals surface area contributed by atoms with Crippen molar-refractivity contribution in [2.24, 2.45) is 0 Å². The summed E-state index contributed by atoms with van der Waals surface area (Å²) >= 11 is 3.29. The lowest BCUT2D eigenvalue weighted by atomic mass is 10.2. The van der Waals surface area contributed by atoms with E-state index in [9.17, 15) is 13.2 Å². The molecule has 1 aliphatic rings. The Labute approximate surface area is 167 Å². The molecule has 0 amide bonds. The van der Waals surface area contributed by atoms with Gasteiger partial charge in [0.05, 0.1) is 17.1 Å². The minimum atomic E-state index is -3.65. The summed E-state index contributed by atoms with van der Waals surface area (Å²) in [6.45, 7) is 4.05. The molecule has 0 spiro atoms. The minimum absolute atomic E-state index is 0.156. The lowest BCUT2D eigenvalue weighted by Crippen LogP contribution is -2.48. The third kappa shape index (κ3) is 4.34.